The number of furan rings is 1. The minimum atomic E-state index is -0.0375. The van der Waals surface area contributed by atoms with Crippen LogP contribution in [0.4, 0.5) is 0 Å². The zero-order valence-corrected chi connectivity index (χ0v) is 18.8. The summed E-state index contributed by atoms with van der Waals surface area (Å²) in [6, 6.07) is 2.07. The molecule has 0 bridgehead atoms. The van der Waals surface area contributed by atoms with Crippen LogP contribution in [0.2, 0.25) is 0 Å². The fourth-order valence-electron chi connectivity index (χ4n) is 5.00. The van der Waals surface area contributed by atoms with E-state index in [1.165, 1.54) is 17.6 Å². The van der Waals surface area contributed by atoms with E-state index in [-0.39, 0.29) is 17.5 Å². The molecule has 0 radical (unpaired) electrons. The number of carbonyl (C=O) groups is 1. The third kappa shape index (κ3) is 5.75. The molecule has 0 spiro atoms. The average Bonchev–Trinajstić information content (AvgIpc) is 3.15. The Kier molecular flexibility index (Phi) is 8.39. The Labute approximate surface area is 171 Å². The number of esters is 1. The molecule has 1 aliphatic carbocycles. The van der Waals surface area contributed by atoms with Gasteiger partial charge in [0.15, 0.2) is 0 Å². The largest absolute Gasteiger partial charge is 0.472 e. The Morgan fingerprint density at radius 1 is 1.39 bits per heavy atom. The maximum Gasteiger partial charge on any atom is 0.306 e. The first kappa shape index (κ1) is 22.8. The topological polar surface area (TPSA) is 39.4 Å². The molecule has 3 nitrogen and oxygen atoms in total. The van der Waals surface area contributed by atoms with Crippen LogP contribution in [0.3, 0.4) is 0 Å². The molecule has 0 aromatic carbocycles. The van der Waals surface area contributed by atoms with E-state index in [1.54, 1.807) is 11.8 Å². The first-order valence-electron chi connectivity index (χ1n) is 11.1. The van der Waals surface area contributed by atoms with Gasteiger partial charge in [0, 0.05) is 6.42 Å². The van der Waals surface area contributed by atoms with Crippen molar-refractivity contribution in [2.45, 2.75) is 99.0 Å². The van der Waals surface area contributed by atoms with Crippen LogP contribution in [0.5, 0.6) is 0 Å². The van der Waals surface area contributed by atoms with Gasteiger partial charge in [-0.25, -0.2) is 0 Å². The lowest BCUT2D eigenvalue weighted by atomic mass is 9.56. The lowest BCUT2D eigenvalue weighted by Gasteiger charge is -2.49. The Hall–Kier alpha value is -1.51. The van der Waals surface area contributed by atoms with Gasteiger partial charge in [-0.2, -0.15) is 0 Å². The summed E-state index contributed by atoms with van der Waals surface area (Å²) < 4.78 is 10.9. The number of aryl methyl sites for hydroxylation is 1. The predicted octanol–water partition coefficient (Wildman–Crippen LogP) is 7.11. The molecule has 1 fully saturated rings. The summed E-state index contributed by atoms with van der Waals surface area (Å²) in [5.41, 5.74) is 4.46. The average molecular weight is 389 g/mol. The highest BCUT2D eigenvalue weighted by Gasteiger charge is 2.43. The van der Waals surface area contributed by atoms with Crippen molar-refractivity contribution in [2.75, 3.05) is 0 Å². The van der Waals surface area contributed by atoms with Crippen LogP contribution in [0, 0.1) is 17.3 Å². The van der Waals surface area contributed by atoms with Crippen molar-refractivity contribution >= 4 is 5.97 Å². The summed E-state index contributed by atoms with van der Waals surface area (Å²) in [6.07, 6.45) is 11.6. The quantitative estimate of drug-likeness (QED) is 0.334. The zero-order valence-electron chi connectivity index (χ0n) is 18.8. The molecule has 4 atom stereocenters. The molecule has 1 saturated carbocycles. The second-order valence-corrected chi connectivity index (χ2v) is 9.28. The van der Waals surface area contributed by atoms with Gasteiger partial charge in [0.1, 0.15) is 0 Å². The summed E-state index contributed by atoms with van der Waals surface area (Å²) in [5, 5.41) is 0. The van der Waals surface area contributed by atoms with E-state index in [9.17, 15) is 4.79 Å². The lowest BCUT2D eigenvalue weighted by molar-refractivity contribution is -0.149. The first-order valence-corrected chi connectivity index (χ1v) is 11.1. The van der Waals surface area contributed by atoms with Crippen LogP contribution in [0.15, 0.2) is 34.2 Å². The van der Waals surface area contributed by atoms with Gasteiger partial charge in [-0.05, 0) is 88.2 Å². The third-order valence-corrected chi connectivity index (χ3v) is 7.03. The van der Waals surface area contributed by atoms with Gasteiger partial charge in [0.2, 0.25) is 0 Å². The molecule has 0 amide bonds. The molecule has 158 valence electrons. The molecule has 0 aliphatic heterocycles. The molecular weight excluding hydrogens is 348 g/mol. The van der Waals surface area contributed by atoms with E-state index < -0.39 is 0 Å². The zero-order chi connectivity index (χ0) is 20.7. The predicted molar refractivity (Wildman–Crippen MR) is 115 cm³/mol. The smallest absolute Gasteiger partial charge is 0.306 e. The molecule has 28 heavy (non-hydrogen) atoms. The van der Waals surface area contributed by atoms with E-state index in [0.29, 0.717) is 18.3 Å². The van der Waals surface area contributed by atoms with Crippen LogP contribution < -0.4 is 0 Å². The number of carbonyl (C=O) groups excluding carboxylic acids is 1. The fraction of sp³-hybridized carbons (Fsp3) is 0.720. The van der Waals surface area contributed by atoms with Crippen LogP contribution in [-0.4, -0.2) is 12.1 Å². The molecule has 2 rings (SSSR count). The van der Waals surface area contributed by atoms with E-state index in [1.807, 2.05) is 13.2 Å². The molecule has 0 unspecified atom stereocenters. The Bertz CT molecular complexity index is 639. The highest BCUT2D eigenvalue weighted by molar-refractivity contribution is 5.69. The Morgan fingerprint density at radius 2 is 2.14 bits per heavy atom. The van der Waals surface area contributed by atoms with Gasteiger partial charge in [-0.3, -0.25) is 4.79 Å². The van der Waals surface area contributed by atoms with Crippen molar-refractivity contribution in [1.29, 1.82) is 0 Å². The van der Waals surface area contributed by atoms with Crippen molar-refractivity contribution in [3.8, 4) is 0 Å². The van der Waals surface area contributed by atoms with Crippen molar-refractivity contribution in [1.82, 2.24) is 0 Å². The number of hydrogen-bond acceptors (Lipinski definition) is 3. The molecule has 1 heterocycles. The second kappa shape index (κ2) is 10.3. The van der Waals surface area contributed by atoms with Crippen molar-refractivity contribution in [2.24, 2.45) is 17.3 Å². The summed E-state index contributed by atoms with van der Waals surface area (Å²) in [4.78, 5) is 12.4. The van der Waals surface area contributed by atoms with Crippen LogP contribution >= 0.6 is 0 Å². The van der Waals surface area contributed by atoms with Crippen molar-refractivity contribution < 1.29 is 13.9 Å². The Morgan fingerprint density at radius 3 is 2.75 bits per heavy atom. The van der Waals surface area contributed by atoms with Crippen LogP contribution in [0.25, 0.3) is 0 Å². The minimum absolute atomic E-state index is 0.0261. The molecule has 3 heteroatoms. The van der Waals surface area contributed by atoms with Crippen molar-refractivity contribution in [3.05, 3.63) is 35.3 Å². The van der Waals surface area contributed by atoms with Gasteiger partial charge < -0.3 is 9.15 Å². The number of hydrogen-bond donors (Lipinski definition) is 0. The molecule has 1 aromatic heterocycles. The maximum atomic E-state index is 12.4. The minimum Gasteiger partial charge on any atom is -0.472 e. The molecular formula is C25H40O3. The summed E-state index contributed by atoms with van der Waals surface area (Å²) in [7, 11) is 0. The van der Waals surface area contributed by atoms with E-state index >= 15 is 0 Å². The van der Waals surface area contributed by atoms with E-state index in [0.717, 1.165) is 38.5 Å². The SMILES string of the molecule is CCC[C@H](C)OC(=O)CC[C@@H]1C(=C(C)C)CC[C@@H](C)[C@]1(C)CCc1ccoc1. The van der Waals surface area contributed by atoms with Gasteiger partial charge in [-0.1, -0.05) is 38.3 Å². The monoisotopic (exact) mass is 388 g/mol. The standard InChI is InChI=1S/C25H40O3/c1-7-8-20(5)28-24(26)12-11-23-22(18(2)3)10-9-19(4)25(23,6)15-13-21-14-16-27-17-21/h14,16-17,19-20,23H,7-13,15H2,1-6H3/t19-,20+,23-,25+/m1/s1. The third-order valence-electron chi connectivity index (χ3n) is 7.03. The first-order chi connectivity index (χ1) is 13.3. The summed E-state index contributed by atoms with van der Waals surface area (Å²) >= 11 is 0. The van der Waals surface area contributed by atoms with Gasteiger partial charge in [0.25, 0.3) is 0 Å². The van der Waals surface area contributed by atoms with Gasteiger partial charge in [-0.15, -0.1) is 0 Å². The van der Waals surface area contributed by atoms with Gasteiger partial charge in [0.05, 0.1) is 18.6 Å². The van der Waals surface area contributed by atoms with Gasteiger partial charge >= 0.3 is 5.97 Å². The van der Waals surface area contributed by atoms with Crippen molar-refractivity contribution in [3.63, 3.8) is 0 Å². The Balaban J connectivity index is 2.12. The number of allylic oxidation sites excluding steroid dienone is 2. The fourth-order valence-corrected chi connectivity index (χ4v) is 5.00. The maximum absolute atomic E-state index is 12.4. The lowest BCUT2D eigenvalue weighted by Crippen LogP contribution is -2.40. The second-order valence-electron chi connectivity index (χ2n) is 9.28. The number of ether oxygens (including phenoxy) is 1. The van der Waals surface area contributed by atoms with Crippen LogP contribution in [-0.2, 0) is 16.0 Å². The highest BCUT2D eigenvalue weighted by atomic mass is 16.5. The van der Waals surface area contributed by atoms with Crippen LogP contribution in [0.1, 0.15) is 92.1 Å². The normalized spacial score (nSPS) is 26.1. The summed E-state index contributed by atoms with van der Waals surface area (Å²) in [6.45, 7) is 13.4. The highest BCUT2D eigenvalue weighted by Crippen LogP contribution is 2.53. The molecule has 1 aromatic rings. The molecule has 0 N–H and O–H groups in total. The molecule has 1 aliphatic rings. The van der Waals surface area contributed by atoms with E-state index in [2.05, 4.69) is 40.7 Å². The number of rotatable bonds is 9. The van der Waals surface area contributed by atoms with E-state index in [4.69, 9.17) is 9.15 Å². The molecule has 0 saturated heterocycles. The summed E-state index contributed by atoms with van der Waals surface area (Å²) in [5.74, 6) is 1.05.